The van der Waals surface area contributed by atoms with Crippen LogP contribution in [0.1, 0.15) is 40.0 Å². The zero-order chi connectivity index (χ0) is 30.0. The quantitative estimate of drug-likeness (QED) is 0.297. The minimum absolute atomic E-state index is 0.211. The Labute approximate surface area is 249 Å². The van der Waals surface area contributed by atoms with Gasteiger partial charge in [-0.3, -0.25) is 9.36 Å². The molecule has 0 amide bonds. The number of nitrogens with zero attached hydrogens (tertiary/aromatic N) is 2. The van der Waals surface area contributed by atoms with Crippen molar-refractivity contribution in [2.75, 3.05) is 14.2 Å². The van der Waals surface area contributed by atoms with Crippen molar-refractivity contribution in [1.29, 1.82) is 0 Å². The second-order valence-corrected chi connectivity index (χ2v) is 10.8. The number of methoxy groups -OCH3 is 2. The highest BCUT2D eigenvalue weighted by Gasteiger charge is 2.35. The maximum Gasteiger partial charge on any atom is 0.338 e. The number of ether oxygens (including phenoxy) is 3. The first-order valence-electron chi connectivity index (χ1n) is 12.7. The number of halogens is 1. The van der Waals surface area contributed by atoms with Crippen LogP contribution in [0, 0.1) is 0 Å². The molecule has 42 heavy (non-hydrogen) atoms. The number of carbonyl (C=O) groups excluding carboxylic acids is 1. The molecular formula is C31H25ClN2O7S. The predicted molar refractivity (Wildman–Crippen MR) is 158 cm³/mol. The number of carboxylic acids is 1. The molecule has 0 spiro atoms. The summed E-state index contributed by atoms with van der Waals surface area (Å²) in [6.07, 6.45) is 1.75. The number of aromatic carboxylic acids is 1. The highest BCUT2D eigenvalue weighted by molar-refractivity contribution is 7.07. The molecule has 0 aliphatic carbocycles. The first kappa shape index (κ1) is 28.8. The summed E-state index contributed by atoms with van der Waals surface area (Å²) < 4.78 is 18.3. The van der Waals surface area contributed by atoms with Crippen molar-refractivity contribution in [3.8, 4) is 11.5 Å². The highest BCUT2D eigenvalue weighted by atomic mass is 35.5. The number of allylic oxidation sites excluding steroid dienone is 1. The molecule has 214 valence electrons. The van der Waals surface area contributed by atoms with E-state index in [2.05, 4.69) is 4.99 Å². The summed E-state index contributed by atoms with van der Waals surface area (Å²) in [6, 6.07) is 17.9. The maximum absolute atomic E-state index is 13.8. The van der Waals surface area contributed by atoms with E-state index in [-0.39, 0.29) is 23.3 Å². The third-order valence-corrected chi connectivity index (χ3v) is 7.92. The minimum atomic E-state index is -0.982. The molecule has 3 aromatic carbocycles. The predicted octanol–water partition coefficient (Wildman–Crippen LogP) is 4.35. The summed E-state index contributed by atoms with van der Waals surface area (Å²) >= 11 is 7.53. The lowest BCUT2D eigenvalue weighted by molar-refractivity contribution is -0.136. The van der Waals surface area contributed by atoms with E-state index < -0.39 is 18.0 Å². The molecule has 0 bridgehead atoms. The molecule has 0 fully saturated rings. The van der Waals surface area contributed by atoms with E-state index in [1.54, 1.807) is 55.5 Å². The summed E-state index contributed by atoms with van der Waals surface area (Å²) in [5.41, 5.74) is 2.66. The molecule has 11 heteroatoms. The maximum atomic E-state index is 13.8. The lowest BCUT2D eigenvalue weighted by atomic mass is 9.95. The van der Waals surface area contributed by atoms with E-state index in [4.69, 9.17) is 30.9 Å². The van der Waals surface area contributed by atoms with E-state index in [1.807, 2.05) is 12.1 Å². The van der Waals surface area contributed by atoms with E-state index >= 15 is 0 Å². The lowest BCUT2D eigenvalue weighted by Crippen LogP contribution is -2.40. The molecule has 0 saturated heterocycles. The largest absolute Gasteiger partial charge is 0.496 e. The number of carboxylic acid groups (broad SMARTS) is 1. The van der Waals surface area contributed by atoms with E-state index in [0.29, 0.717) is 37.1 Å². The fraction of sp³-hybridized carbons (Fsp3) is 0.161. The van der Waals surface area contributed by atoms with Crippen molar-refractivity contribution in [3.63, 3.8) is 0 Å². The van der Waals surface area contributed by atoms with Crippen molar-refractivity contribution in [3.05, 3.63) is 125 Å². The topological polar surface area (TPSA) is 116 Å². The highest BCUT2D eigenvalue weighted by Crippen LogP contribution is 2.37. The van der Waals surface area contributed by atoms with Gasteiger partial charge in [-0.15, -0.1) is 0 Å². The molecule has 9 nitrogen and oxygen atoms in total. The molecule has 4 aromatic rings. The molecule has 0 unspecified atom stereocenters. The average molecular weight is 605 g/mol. The third-order valence-electron chi connectivity index (χ3n) is 6.70. The van der Waals surface area contributed by atoms with Crippen LogP contribution in [0.3, 0.4) is 0 Å². The van der Waals surface area contributed by atoms with Crippen LogP contribution in [0.5, 0.6) is 11.5 Å². The minimum Gasteiger partial charge on any atom is -0.496 e. The van der Waals surface area contributed by atoms with Gasteiger partial charge in [0.1, 0.15) is 24.1 Å². The molecule has 1 atom stereocenters. The number of aromatic nitrogens is 1. The second kappa shape index (κ2) is 12.1. The molecule has 0 radical (unpaired) electrons. The van der Waals surface area contributed by atoms with Crippen molar-refractivity contribution < 1.29 is 28.9 Å². The Kier molecular flexibility index (Phi) is 8.28. The summed E-state index contributed by atoms with van der Waals surface area (Å²) in [4.78, 5) is 42.8. The summed E-state index contributed by atoms with van der Waals surface area (Å²) in [5.74, 6) is -0.513. The first-order valence-corrected chi connectivity index (χ1v) is 13.9. The lowest BCUT2D eigenvalue weighted by Gasteiger charge is -2.25. The first-order chi connectivity index (χ1) is 20.2. The number of rotatable bonds is 8. The Hall–Kier alpha value is -4.67. The van der Waals surface area contributed by atoms with Gasteiger partial charge in [-0.25, -0.2) is 14.6 Å². The Morgan fingerprint density at radius 3 is 2.43 bits per heavy atom. The van der Waals surface area contributed by atoms with Crippen LogP contribution in [0.4, 0.5) is 0 Å². The van der Waals surface area contributed by atoms with Crippen molar-refractivity contribution in [2.24, 2.45) is 4.99 Å². The van der Waals surface area contributed by atoms with Gasteiger partial charge < -0.3 is 19.3 Å². The fourth-order valence-electron chi connectivity index (χ4n) is 4.63. The zero-order valence-corrected chi connectivity index (χ0v) is 24.4. The standard InChI is InChI=1S/C31H25ClN2O7S/c1-17-26(30(38)40-3)27(23-15-21(32)10-13-24(23)39-2)34-28(35)25(42-31(34)33-17)14-18-6-11-22(12-7-18)41-16-19-4-8-20(9-5-19)29(36)37/h4-15,27H,16H2,1-3H3,(H,36,37)/b25-14-/t27-/m1/s1. The Morgan fingerprint density at radius 1 is 1.07 bits per heavy atom. The van der Waals surface area contributed by atoms with Crippen molar-refractivity contribution >= 4 is 41.0 Å². The molecule has 2 heterocycles. The number of fused-ring (bicyclic) bond motifs is 1. The number of hydrogen-bond acceptors (Lipinski definition) is 8. The van der Waals surface area contributed by atoms with Crippen LogP contribution in [0.15, 0.2) is 87.8 Å². The monoisotopic (exact) mass is 604 g/mol. The molecule has 5 rings (SSSR count). The Morgan fingerprint density at radius 2 is 1.79 bits per heavy atom. The van der Waals surface area contributed by atoms with E-state index in [0.717, 1.165) is 11.1 Å². The number of thiazole rings is 1. The number of carbonyl (C=O) groups is 2. The second-order valence-electron chi connectivity index (χ2n) is 9.32. The van der Waals surface area contributed by atoms with Crippen LogP contribution in [-0.4, -0.2) is 35.8 Å². The van der Waals surface area contributed by atoms with Gasteiger partial charge in [-0.2, -0.15) is 0 Å². The van der Waals surface area contributed by atoms with Crippen molar-refractivity contribution in [1.82, 2.24) is 4.57 Å². The Balaban J connectivity index is 1.48. The van der Waals surface area contributed by atoms with Crippen LogP contribution in [0.2, 0.25) is 5.02 Å². The zero-order valence-electron chi connectivity index (χ0n) is 22.8. The SMILES string of the molecule is COC(=O)C1=C(C)N=c2s/c(=C\c3ccc(OCc4ccc(C(=O)O)cc4)cc3)c(=O)n2[C@@H]1c1cc(Cl)ccc1OC. The van der Waals surface area contributed by atoms with Gasteiger partial charge in [0.05, 0.1) is 35.6 Å². The summed E-state index contributed by atoms with van der Waals surface area (Å²) in [6.45, 7) is 1.97. The van der Waals surface area contributed by atoms with Gasteiger partial charge in [0.2, 0.25) is 0 Å². The van der Waals surface area contributed by atoms with Gasteiger partial charge in [-0.05, 0) is 66.6 Å². The van der Waals surface area contributed by atoms with Gasteiger partial charge in [0.15, 0.2) is 4.80 Å². The van der Waals surface area contributed by atoms with Crippen LogP contribution >= 0.6 is 22.9 Å². The van der Waals surface area contributed by atoms with Crippen LogP contribution < -0.4 is 24.4 Å². The fourth-order valence-corrected chi connectivity index (χ4v) is 5.85. The number of esters is 1. The van der Waals surface area contributed by atoms with Gasteiger partial charge in [0, 0.05) is 10.6 Å². The van der Waals surface area contributed by atoms with Crippen LogP contribution in [-0.2, 0) is 16.1 Å². The third kappa shape index (κ3) is 5.72. The summed E-state index contributed by atoms with van der Waals surface area (Å²) in [5, 5.41) is 9.46. The van der Waals surface area contributed by atoms with Crippen LogP contribution in [0.25, 0.3) is 6.08 Å². The number of benzene rings is 3. The molecule has 1 aliphatic rings. The van der Waals surface area contributed by atoms with E-state index in [9.17, 15) is 14.4 Å². The van der Waals surface area contributed by atoms with Crippen molar-refractivity contribution in [2.45, 2.75) is 19.6 Å². The smallest absolute Gasteiger partial charge is 0.338 e. The molecule has 1 N–H and O–H groups in total. The Bertz CT molecular complexity index is 1890. The normalized spacial score (nSPS) is 14.7. The van der Waals surface area contributed by atoms with Gasteiger partial charge >= 0.3 is 11.9 Å². The molecule has 0 saturated carbocycles. The van der Waals surface area contributed by atoms with E-state index in [1.165, 1.54) is 42.3 Å². The molecular weight excluding hydrogens is 580 g/mol. The number of hydrogen-bond donors (Lipinski definition) is 1. The molecule has 1 aliphatic heterocycles. The van der Waals surface area contributed by atoms with Gasteiger partial charge in [0.25, 0.3) is 5.56 Å². The average Bonchev–Trinajstić information content (AvgIpc) is 3.29. The summed E-state index contributed by atoms with van der Waals surface area (Å²) in [7, 11) is 2.79. The molecule has 1 aromatic heterocycles. The van der Waals surface area contributed by atoms with Gasteiger partial charge in [-0.1, -0.05) is 47.2 Å².